The maximum Gasteiger partial charge on any atom is 0.417 e. The van der Waals surface area contributed by atoms with Crippen molar-refractivity contribution in [3.05, 3.63) is 70.9 Å². The lowest BCUT2D eigenvalue weighted by Gasteiger charge is -2.18. The summed E-state index contributed by atoms with van der Waals surface area (Å²) in [6, 6.07) is 7.92. The summed E-state index contributed by atoms with van der Waals surface area (Å²) in [5.41, 5.74) is -0.164. The number of hydrogen-bond donors (Lipinski definition) is 5. The lowest BCUT2D eigenvalue weighted by Crippen LogP contribution is -2.27. The van der Waals surface area contributed by atoms with Crippen molar-refractivity contribution in [2.75, 3.05) is 20.3 Å². The Morgan fingerprint density at radius 3 is 2.49 bits per heavy atom. The summed E-state index contributed by atoms with van der Waals surface area (Å²) in [5, 5.41) is 13.6. The van der Waals surface area contributed by atoms with Crippen molar-refractivity contribution in [3.63, 3.8) is 0 Å². The number of amides is 2. The SMILES string of the molecule is Cc1cc(Nc2cc(F)[nH]n2)nc(Nc2ccc(NC(=O)N(S)c3ccc(Cl)c(C(F)(F)F)c3)nc2)n1. The summed E-state index contributed by atoms with van der Waals surface area (Å²) in [4.78, 5) is 25.1. The fourth-order valence-corrected chi connectivity index (χ4v) is 3.39. The Labute approximate surface area is 217 Å². The number of aromatic nitrogens is 5. The molecule has 10 nitrogen and oxygen atoms in total. The normalized spacial score (nSPS) is 11.2. The van der Waals surface area contributed by atoms with Gasteiger partial charge in [0.2, 0.25) is 11.9 Å². The van der Waals surface area contributed by atoms with E-state index in [4.69, 9.17) is 11.6 Å². The molecule has 0 atom stereocenters. The minimum Gasteiger partial charge on any atom is -0.323 e. The smallest absolute Gasteiger partial charge is 0.323 e. The first kappa shape index (κ1) is 26.0. The van der Waals surface area contributed by atoms with E-state index < -0.39 is 28.7 Å². The number of urea groups is 1. The molecule has 4 N–H and O–H groups in total. The van der Waals surface area contributed by atoms with E-state index in [0.717, 1.165) is 12.1 Å². The van der Waals surface area contributed by atoms with Gasteiger partial charge in [0.25, 0.3) is 0 Å². The number of carbonyl (C=O) groups is 1. The van der Waals surface area contributed by atoms with E-state index in [2.05, 4.69) is 53.9 Å². The predicted molar refractivity (Wildman–Crippen MR) is 133 cm³/mol. The van der Waals surface area contributed by atoms with E-state index in [0.29, 0.717) is 27.6 Å². The molecular weight excluding hydrogens is 538 g/mol. The standard InChI is InChI=1S/C21H16ClF4N9OS/c1-10-6-17(30-18-8-15(23)33-34-18)31-19(28-10)29-11-2-5-16(27-9-11)32-20(36)35(37)12-3-4-14(22)13(7-12)21(24,25)26/h2-9,37H,1H3,(H,27,32,36)(H3,28,29,30,31,33,34). The molecule has 3 aromatic heterocycles. The van der Waals surface area contributed by atoms with Gasteiger partial charge in [-0.15, -0.1) is 0 Å². The zero-order valence-corrected chi connectivity index (χ0v) is 20.3. The van der Waals surface area contributed by atoms with Gasteiger partial charge in [-0.05, 0) is 37.3 Å². The van der Waals surface area contributed by atoms with Crippen LogP contribution in [0.1, 0.15) is 11.3 Å². The molecule has 0 radical (unpaired) electrons. The summed E-state index contributed by atoms with van der Waals surface area (Å²) < 4.78 is 53.1. The number of anilines is 6. The Kier molecular flexibility index (Phi) is 7.35. The van der Waals surface area contributed by atoms with Crippen molar-refractivity contribution in [1.29, 1.82) is 0 Å². The van der Waals surface area contributed by atoms with Gasteiger partial charge >= 0.3 is 12.2 Å². The number of carbonyl (C=O) groups excluding carboxylic acids is 1. The molecule has 0 spiro atoms. The van der Waals surface area contributed by atoms with Crippen LogP contribution in [0.4, 0.5) is 57.1 Å². The highest BCUT2D eigenvalue weighted by atomic mass is 35.5. The second-order valence-electron chi connectivity index (χ2n) is 7.41. The molecule has 0 aliphatic heterocycles. The van der Waals surface area contributed by atoms with E-state index in [1.54, 1.807) is 19.1 Å². The Morgan fingerprint density at radius 2 is 1.84 bits per heavy atom. The minimum absolute atomic E-state index is 0.104. The monoisotopic (exact) mass is 553 g/mol. The largest absolute Gasteiger partial charge is 0.417 e. The van der Waals surface area contributed by atoms with Gasteiger partial charge in [-0.3, -0.25) is 10.4 Å². The van der Waals surface area contributed by atoms with Gasteiger partial charge in [-0.2, -0.15) is 27.6 Å². The van der Waals surface area contributed by atoms with Crippen LogP contribution in [-0.4, -0.2) is 31.2 Å². The van der Waals surface area contributed by atoms with E-state index >= 15 is 0 Å². The Morgan fingerprint density at radius 1 is 1.05 bits per heavy atom. The molecule has 2 amide bonds. The van der Waals surface area contributed by atoms with E-state index in [1.807, 2.05) is 0 Å². The first-order chi connectivity index (χ1) is 17.5. The lowest BCUT2D eigenvalue weighted by atomic mass is 10.2. The quantitative estimate of drug-likeness (QED) is 0.145. The summed E-state index contributed by atoms with van der Waals surface area (Å²) in [6.45, 7) is 1.74. The van der Waals surface area contributed by atoms with E-state index in [9.17, 15) is 22.4 Å². The lowest BCUT2D eigenvalue weighted by molar-refractivity contribution is -0.137. The first-order valence-corrected chi connectivity index (χ1v) is 11.0. The maximum atomic E-state index is 13.1. The maximum absolute atomic E-state index is 13.1. The molecule has 4 rings (SSSR count). The molecule has 0 aliphatic carbocycles. The van der Waals surface area contributed by atoms with Crippen molar-refractivity contribution >= 4 is 65.2 Å². The number of nitrogens with one attached hydrogen (secondary N) is 4. The fourth-order valence-electron chi connectivity index (χ4n) is 2.99. The zero-order valence-electron chi connectivity index (χ0n) is 18.6. The summed E-state index contributed by atoms with van der Waals surface area (Å²) in [7, 11) is 0. The van der Waals surface area contributed by atoms with Gasteiger partial charge in [0.15, 0.2) is 5.82 Å². The molecule has 4 aromatic rings. The van der Waals surface area contributed by atoms with Crippen molar-refractivity contribution in [1.82, 2.24) is 25.1 Å². The first-order valence-electron chi connectivity index (χ1n) is 10.2. The summed E-state index contributed by atoms with van der Waals surface area (Å²) in [6.07, 6.45) is -3.32. The number of rotatable bonds is 6. The van der Waals surface area contributed by atoms with Crippen LogP contribution < -0.4 is 20.3 Å². The predicted octanol–water partition coefficient (Wildman–Crippen LogP) is 6.08. The van der Waals surface area contributed by atoms with Crippen LogP contribution in [0, 0.1) is 12.9 Å². The van der Waals surface area contributed by atoms with Crippen molar-refractivity contribution in [2.45, 2.75) is 13.1 Å². The van der Waals surface area contributed by atoms with Gasteiger partial charge in [0, 0.05) is 17.8 Å². The molecule has 37 heavy (non-hydrogen) atoms. The highest BCUT2D eigenvalue weighted by Crippen LogP contribution is 2.37. The molecule has 0 saturated carbocycles. The molecule has 0 saturated heterocycles. The number of H-pyrrole nitrogens is 1. The number of benzene rings is 1. The number of alkyl halides is 3. The van der Waals surface area contributed by atoms with Crippen LogP contribution in [0.3, 0.4) is 0 Å². The van der Waals surface area contributed by atoms with Crippen LogP contribution in [0.2, 0.25) is 5.02 Å². The van der Waals surface area contributed by atoms with Crippen molar-refractivity contribution in [3.8, 4) is 0 Å². The Balaban J connectivity index is 1.41. The third kappa shape index (κ3) is 6.56. The third-order valence-corrected chi connectivity index (χ3v) is 5.35. The van der Waals surface area contributed by atoms with E-state index in [1.165, 1.54) is 18.3 Å². The number of halogens is 5. The molecule has 0 fully saturated rings. The van der Waals surface area contributed by atoms with Crippen molar-refractivity contribution in [2.24, 2.45) is 0 Å². The number of nitrogens with zero attached hydrogens (tertiary/aromatic N) is 5. The van der Waals surface area contributed by atoms with Crippen LogP contribution in [-0.2, 0) is 6.18 Å². The number of aromatic amines is 1. The van der Waals surface area contributed by atoms with Crippen molar-refractivity contribution < 1.29 is 22.4 Å². The molecule has 3 heterocycles. The number of hydrogen-bond acceptors (Lipinski definition) is 8. The van der Waals surface area contributed by atoms with Crippen LogP contribution in [0.25, 0.3) is 0 Å². The van der Waals surface area contributed by atoms with Gasteiger partial charge in [-0.25, -0.2) is 19.1 Å². The minimum atomic E-state index is -4.70. The zero-order chi connectivity index (χ0) is 26.7. The molecule has 0 unspecified atom stereocenters. The van der Waals surface area contributed by atoms with Crippen LogP contribution in [0.5, 0.6) is 0 Å². The van der Waals surface area contributed by atoms with Gasteiger partial charge in [-0.1, -0.05) is 24.4 Å². The molecule has 1 aromatic carbocycles. The Hall–Kier alpha value is -4.11. The van der Waals surface area contributed by atoms with Crippen LogP contribution >= 0.6 is 24.4 Å². The van der Waals surface area contributed by atoms with Gasteiger partial charge in [0.1, 0.15) is 11.6 Å². The molecule has 16 heteroatoms. The molecular formula is C21H16ClF4N9OS. The molecule has 0 aliphatic rings. The average Bonchev–Trinajstić information content (AvgIpc) is 3.23. The Bertz CT molecular complexity index is 1430. The number of pyridine rings is 1. The highest BCUT2D eigenvalue weighted by molar-refractivity contribution is 7.82. The summed E-state index contributed by atoms with van der Waals surface area (Å²) in [5.74, 6) is 0.303. The van der Waals surface area contributed by atoms with E-state index in [-0.39, 0.29) is 23.3 Å². The second kappa shape index (κ2) is 10.5. The number of thiol groups is 1. The fraction of sp³-hybridized carbons (Fsp3) is 0.0952. The topological polar surface area (TPSA) is 124 Å². The highest BCUT2D eigenvalue weighted by Gasteiger charge is 2.34. The second-order valence-corrected chi connectivity index (χ2v) is 8.21. The third-order valence-electron chi connectivity index (χ3n) is 4.60. The van der Waals surface area contributed by atoms with Gasteiger partial charge < -0.3 is 10.6 Å². The number of aryl methyl sites for hydroxylation is 1. The summed E-state index contributed by atoms with van der Waals surface area (Å²) >= 11 is 9.60. The van der Waals surface area contributed by atoms with Gasteiger partial charge in [0.05, 0.1) is 28.2 Å². The molecule has 192 valence electrons. The van der Waals surface area contributed by atoms with Crippen LogP contribution in [0.15, 0.2) is 48.7 Å². The molecule has 0 bridgehead atoms. The average molecular weight is 554 g/mol.